The van der Waals surface area contributed by atoms with Crippen LogP contribution in [0.2, 0.25) is 0 Å². The van der Waals surface area contributed by atoms with Crippen molar-refractivity contribution in [3.8, 4) is 5.75 Å². The lowest BCUT2D eigenvalue weighted by molar-refractivity contribution is -0.137. The first-order valence-corrected chi connectivity index (χ1v) is 13.4. The lowest BCUT2D eigenvalue weighted by Crippen LogP contribution is -2.49. The first-order chi connectivity index (χ1) is 18.5. The molecule has 0 saturated carbocycles. The number of ether oxygens (including phenoxy) is 1. The van der Waals surface area contributed by atoms with Crippen molar-refractivity contribution in [2.75, 3.05) is 19.7 Å². The number of hydrogen-bond donors (Lipinski definition) is 0. The first-order valence-electron chi connectivity index (χ1n) is 13.4. The fraction of sp³-hybridized carbons (Fsp3) is 0.483. The van der Waals surface area contributed by atoms with E-state index in [9.17, 15) is 18.0 Å². The maximum atomic E-state index is 13.0. The highest BCUT2D eigenvalue weighted by Crippen LogP contribution is 2.39. The van der Waals surface area contributed by atoms with Gasteiger partial charge in [-0.3, -0.25) is 19.4 Å². The highest BCUT2D eigenvalue weighted by Gasteiger charge is 2.47. The Morgan fingerprint density at radius 2 is 1.87 bits per heavy atom. The van der Waals surface area contributed by atoms with Crippen molar-refractivity contribution in [2.24, 2.45) is 0 Å². The normalized spacial score (nSPS) is 20.0. The molecule has 1 amide bonds. The van der Waals surface area contributed by atoms with Crippen molar-refractivity contribution in [3.05, 3.63) is 76.4 Å². The predicted molar refractivity (Wildman–Crippen MR) is 141 cm³/mol. The molecule has 2 aliphatic heterocycles. The summed E-state index contributed by atoms with van der Waals surface area (Å²) in [5, 5.41) is 4.41. The molecule has 2 aromatic heterocycles. The summed E-state index contributed by atoms with van der Waals surface area (Å²) in [5.74, 6) is 0.587. The van der Waals surface area contributed by atoms with Crippen molar-refractivity contribution in [1.82, 2.24) is 24.6 Å². The molecule has 5 rings (SSSR count). The van der Waals surface area contributed by atoms with Crippen molar-refractivity contribution in [2.45, 2.75) is 71.4 Å². The molecular weight excluding hydrogens is 507 g/mol. The number of benzene rings is 1. The molecule has 2 saturated heterocycles. The predicted octanol–water partition coefficient (Wildman–Crippen LogP) is 5.35. The highest BCUT2D eigenvalue weighted by atomic mass is 19.4. The molecule has 2 fully saturated rings. The van der Waals surface area contributed by atoms with E-state index in [1.54, 1.807) is 4.90 Å². The molecule has 2 bridgehead atoms. The molecular formula is C29H34F3N5O2. The van der Waals surface area contributed by atoms with Crippen LogP contribution in [0, 0.1) is 20.8 Å². The molecule has 7 nitrogen and oxygen atoms in total. The van der Waals surface area contributed by atoms with Gasteiger partial charge in [-0.1, -0.05) is 6.07 Å². The number of aromatic nitrogens is 3. The lowest BCUT2D eigenvalue weighted by Gasteiger charge is -2.38. The number of halogens is 3. The van der Waals surface area contributed by atoms with Crippen LogP contribution in [0.15, 0.2) is 42.7 Å². The molecule has 2 aliphatic rings. The van der Waals surface area contributed by atoms with Gasteiger partial charge >= 0.3 is 6.18 Å². The number of carbonyl (C=O) groups excluding carboxylic acids is 1. The molecule has 0 aliphatic carbocycles. The second-order valence-corrected chi connectivity index (χ2v) is 10.6. The molecule has 4 heterocycles. The number of fused-ring (bicyclic) bond motifs is 2. The van der Waals surface area contributed by atoms with Gasteiger partial charge in [0.05, 0.1) is 17.9 Å². The Kier molecular flexibility index (Phi) is 7.41. The molecule has 3 atom stereocenters. The molecule has 0 spiro atoms. The second-order valence-electron chi connectivity index (χ2n) is 10.6. The van der Waals surface area contributed by atoms with Gasteiger partial charge in [0.25, 0.3) is 5.91 Å². The van der Waals surface area contributed by atoms with Crippen LogP contribution in [0.1, 0.15) is 64.2 Å². The minimum Gasteiger partial charge on any atom is -0.493 e. The van der Waals surface area contributed by atoms with E-state index >= 15 is 0 Å². The Labute approximate surface area is 226 Å². The van der Waals surface area contributed by atoms with Gasteiger partial charge in [0.2, 0.25) is 0 Å². The molecule has 0 unspecified atom stereocenters. The van der Waals surface area contributed by atoms with Crippen LogP contribution in [-0.2, 0) is 12.7 Å². The maximum Gasteiger partial charge on any atom is 0.417 e. The fourth-order valence-electron chi connectivity index (χ4n) is 5.86. The van der Waals surface area contributed by atoms with Crippen LogP contribution in [0.25, 0.3) is 0 Å². The Bertz CT molecular complexity index is 1340. The standard InChI is InChI=1S/C29H34F3N5O2/c1-18-10-12-35(34-18)11-5-13-39-27-9-7-25(19(2)20(27)3)21(4)36-16-24-14-23(36)17-37(24)28(38)26-8-6-22(15-33-26)29(30,31)32/h6-10,12,15,21,23-24H,5,11,13-14,16-17H2,1-4H3/t21-,23-,24-/m0/s1. The third-order valence-corrected chi connectivity index (χ3v) is 8.14. The summed E-state index contributed by atoms with van der Waals surface area (Å²) in [6.45, 7) is 11.1. The lowest BCUT2D eigenvalue weighted by atomic mass is 9.96. The van der Waals surface area contributed by atoms with Gasteiger partial charge < -0.3 is 9.64 Å². The number of amides is 1. The van der Waals surface area contributed by atoms with Crippen molar-refractivity contribution in [1.29, 1.82) is 0 Å². The number of carbonyl (C=O) groups is 1. The summed E-state index contributed by atoms with van der Waals surface area (Å²) in [6.07, 6.45) is -0.0440. The summed E-state index contributed by atoms with van der Waals surface area (Å²) in [4.78, 5) is 21.0. The number of piperazine rings is 1. The Hall–Kier alpha value is -3.40. The minimum atomic E-state index is -4.47. The highest BCUT2D eigenvalue weighted by molar-refractivity contribution is 5.93. The van der Waals surface area contributed by atoms with E-state index in [0.29, 0.717) is 13.2 Å². The van der Waals surface area contributed by atoms with E-state index in [-0.39, 0.29) is 29.7 Å². The van der Waals surface area contributed by atoms with Gasteiger partial charge in [-0.25, -0.2) is 0 Å². The van der Waals surface area contributed by atoms with Crippen LogP contribution in [0.5, 0.6) is 5.75 Å². The zero-order valence-corrected chi connectivity index (χ0v) is 22.7. The SMILES string of the molecule is Cc1ccn(CCCOc2ccc([C@H](C)N3C[C@@H]4C[C@H]3CN4C(=O)c3ccc(C(F)(F)F)cn3)c(C)c2C)n1. The Morgan fingerprint density at radius 1 is 1.08 bits per heavy atom. The van der Waals surface area contributed by atoms with E-state index in [4.69, 9.17) is 4.74 Å². The van der Waals surface area contributed by atoms with E-state index in [2.05, 4.69) is 41.8 Å². The third kappa shape index (κ3) is 5.52. The number of alkyl halides is 3. The smallest absolute Gasteiger partial charge is 0.417 e. The summed E-state index contributed by atoms with van der Waals surface area (Å²) in [5.41, 5.74) is 3.77. The Balaban J connectivity index is 1.18. The average Bonchev–Trinajstić information content (AvgIpc) is 3.64. The number of hydrogen-bond acceptors (Lipinski definition) is 5. The van der Waals surface area contributed by atoms with Gasteiger partial charge in [0, 0.05) is 56.6 Å². The molecule has 10 heteroatoms. The quantitative estimate of drug-likeness (QED) is 0.360. The zero-order chi connectivity index (χ0) is 27.9. The number of pyridine rings is 1. The van der Waals surface area contributed by atoms with Crippen LogP contribution >= 0.6 is 0 Å². The number of rotatable bonds is 8. The fourth-order valence-corrected chi connectivity index (χ4v) is 5.86. The van der Waals surface area contributed by atoms with Gasteiger partial charge in [-0.2, -0.15) is 18.3 Å². The van der Waals surface area contributed by atoms with E-state index in [1.807, 2.05) is 29.9 Å². The van der Waals surface area contributed by atoms with E-state index in [0.717, 1.165) is 55.2 Å². The molecule has 0 N–H and O–H groups in total. The minimum absolute atomic E-state index is 0.0247. The first kappa shape index (κ1) is 27.2. The molecule has 1 aromatic carbocycles. The second kappa shape index (κ2) is 10.6. The summed E-state index contributed by atoms with van der Waals surface area (Å²) in [7, 11) is 0. The van der Waals surface area contributed by atoms with Crippen LogP contribution < -0.4 is 4.74 Å². The number of aryl methyl sites for hydroxylation is 2. The van der Waals surface area contributed by atoms with Crippen molar-refractivity contribution < 1.29 is 22.7 Å². The molecule has 3 aromatic rings. The number of nitrogens with zero attached hydrogens (tertiary/aromatic N) is 5. The maximum absolute atomic E-state index is 13.0. The summed E-state index contributed by atoms with van der Waals surface area (Å²) < 4.78 is 46.6. The molecule has 0 radical (unpaired) electrons. The van der Waals surface area contributed by atoms with E-state index in [1.165, 1.54) is 17.2 Å². The van der Waals surface area contributed by atoms with Gasteiger partial charge in [-0.05, 0) is 75.1 Å². The summed E-state index contributed by atoms with van der Waals surface area (Å²) >= 11 is 0. The van der Waals surface area contributed by atoms with Gasteiger partial charge in [0.15, 0.2) is 0 Å². The monoisotopic (exact) mass is 541 g/mol. The van der Waals surface area contributed by atoms with Crippen molar-refractivity contribution >= 4 is 5.91 Å². The average molecular weight is 542 g/mol. The van der Waals surface area contributed by atoms with Crippen molar-refractivity contribution in [3.63, 3.8) is 0 Å². The summed E-state index contributed by atoms with van der Waals surface area (Å²) in [6, 6.07) is 8.66. The Morgan fingerprint density at radius 3 is 2.49 bits per heavy atom. The largest absolute Gasteiger partial charge is 0.493 e. The van der Waals surface area contributed by atoms with Crippen LogP contribution in [0.3, 0.4) is 0 Å². The molecule has 39 heavy (non-hydrogen) atoms. The third-order valence-electron chi connectivity index (χ3n) is 8.14. The number of likely N-dealkylation sites (tertiary alicyclic amines) is 2. The van der Waals surface area contributed by atoms with Crippen LogP contribution in [0.4, 0.5) is 13.2 Å². The van der Waals surface area contributed by atoms with Gasteiger partial charge in [-0.15, -0.1) is 0 Å². The topological polar surface area (TPSA) is 63.5 Å². The van der Waals surface area contributed by atoms with Crippen LogP contribution in [-0.4, -0.2) is 62.3 Å². The molecule has 208 valence electrons. The zero-order valence-electron chi connectivity index (χ0n) is 22.7. The van der Waals surface area contributed by atoms with Gasteiger partial charge in [0.1, 0.15) is 11.4 Å². The van der Waals surface area contributed by atoms with E-state index < -0.39 is 11.7 Å².